The molecule has 2 N–H and O–H groups in total. The smallest absolute Gasteiger partial charge is 0.120 e. The second-order valence-electron chi connectivity index (χ2n) is 7.42. The Bertz CT molecular complexity index is 791. The predicted molar refractivity (Wildman–Crippen MR) is 118 cm³/mol. The van der Waals surface area contributed by atoms with Gasteiger partial charge in [-0.15, -0.1) is 0 Å². The van der Waals surface area contributed by atoms with Gasteiger partial charge in [-0.05, 0) is 55.0 Å². The molecule has 1 saturated heterocycles. The number of phenols is 1. The Labute approximate surface area is 174 Å². The molecule has 2 aromatic rings. The van der Waals surface area contributed by atoms with Crippen molar-refractivity contribution in [2.45, 2.75) is 64.5 Å². The summed E-state index contributed by atoms with van der Waals surface area (Å²) in [6.07, 6.45) is 7.48. The van der Waals surface area contributed by atoms with E-state index in [2.05, 4.69) is 17.9 Å². The van der Waals surface area contributed by atoms with Crippen LogP contribution in [-0.2, 0) is 13.0 Å². The summed E-state index contributed by atoms with van der Waals surface area (Å²) in [6.45, 7) is 4.72. The van der Waals surface area contributed by atoms with Gasteiger partial charge in [0.1, 0.15) is 9.57 Å². The van der Waals surface area contributed by atoms with E-state index in [0.29, 0.717) is 5.75 Å². The lowest BCUT2D eigenvalue weighted by Crippen LogP contribution is -2.35. The summed E-state index contributed by atoms with van der Waals surface area (Å²) in [5.41, 5.74) is 3.45. The van der Waals surface area contributed by atoms with Crippen LogP contribution in [0.2, 0.25) is 0 Å². The van der Waals surface area contributed by atoms with E-state index in [9.17, 15) is 10.2 Å². The fourth-order valence-corrected chi connectivity index (χ4v) is 6.61. The standard InChI is InChI=1S/C21H29NO2S3/c1-2-3-4-5-6-18-20(26-27-21(18)25)15-7-8-19(24)16(13-15)14-22-11-9-17(23)10-12-22/h7-8,13,17,23-24H,2-6,9-12,14H2,1H3. The molecule has 0 aliphatic carbocycles. The molecule has 6 heteroatoms. The molecular weight excluding hydrogens is 394 g/mol. The van der Waals surface area contributed by atoms with Gasteiger partial charge < -0.3 is 10.2 Å². The van der Waals surface area contributed by atoms with Gasteiger partial charge >= 0.3 is 0 Å². The topological polar surface area (TPSA) is 43.7 Å². The zero-order valence-corrected chi connectivity index (χ0v) is 18.4. The van der Waals surface area contributed by atoms with Crippen molar-refractivity contribution in [2.24, 2.45) is 0 Å². The third kappa shape index (κ3) is 5.61. The number of aliphatic hydroxyl groups is 1. The van der Waals surface area contributed by atoms with Gasteiger partial charge in [0.15, 0.2) is 0 Å². The second kappa shape index (κ2) is 10.1. The van der Waals surface area contributed by atoms with Crippen molar-refractivity contribution in [2.75, 3.05) is 13.1 Å². The van der Waals surface area contributed by atoms with E-state index in [1.807, 2.05) is 12.1 Å². The fourth-order valence-electron chi connectivity index (χ4n) is 3.61. The van der Waals surface area contributed by atoms with E-state index >= 15 is 0 Å². The molecule has 0 unspecified atom stereocenters. The van der Waals surface area contributed by atoms with Gasteiger partial charge in [0, 0.05) is 25.2 Å². The van der Waals surface area contributed by atoms with Crippen LogP contribution in [0.5, 0.6) is 5.75 Å². The van der Waals surface area contributed by atoms with Crippen LogP contribution in [0.25, 0.3) is 10.4 Å². The number of piperidine rings is 1. The Hall–Kier alpha value is -0.790. The van der Waals surface area contributed by atoms with E-state index in [-0.39, 0.29) is 6.10 Å². The number of hydrogen-bond donors (Lipinski definition) is 2. The molecule has 2 heterocycles. The predicted octanol–water partition coefficient (Wildman–Crippen LogP) is 5.99. The minimum absolute atomic E-state index is 0.172. The Balaban J connectivity index is 1.76. The average molecular weight is 424 g/mol. The number of unbranched alkanes of at least 4 members (excludes halogenated alkanes) is 3. The molecule has 148 valence electrons. The molecule has 1 aromatic heterocycles. The van der Waals surface area contributed by atoms with Crippen molar-refractivity contribution < 1.29 is 10.2 Å². The lowest BCUT2D eigenvalue weighted by molar-refractivity contribution is 0.0789. The molecule has 0 radical (unpaired) electrons. The highest BCUT2D eigenvalue weighted by Gasteiger charge is 2.19. The molecule has 3 nitrogen and oxygen atoms in total. The van der Waals surface area contributed by atoms with Gasteiger partial charge in [-0.3, -0.25) is 4.90 Å². The highest BCUT2D eigenvalue weighted by molar-refractivity contribution is 7.80. The van der Waals surface area contributed by atoms with Crippen molar-refractivity contribution in [3.63, 3.8) is 0 Å². The molecule has 0 atom stereocenters. The number of nitrogens with zero attached hydrogens (tertiary/aromatic N) is 1. The third-order valence-corrected chi connectivity index (χ3v) is 8.49. The van der Waals surface area contributed by atoms with Crippen LogP contribution in [0, 0.1) is 3.82 Å². The normalized spacial score (nSPS) is 16.1. The molecule has 1 aromatic carbocycles. The van der Waals surface area contributed by atoms with Crippen molar-refractivity contribution in [1.82, 2.24) is 4.90 Å². The number of likely N-dealkylation sites (tertiary alicyclic amines) is 1. The van der Waals surface area contributed by atoms with Crippen LogP contribution in [0.4, 0.5) is 0 Å². The van der Waals surface area contributed by atoms with Gasteiger partial charge in [-0.25, -0.2) is 0 Å². The van der Waals surface area contributed by atoms with E-state index in [4.69, 9.17) is 12.2 Å². The lowest BCUT2D eigenvalue weighted by atomic mass is 10.0. The van der Waals surface area contributed by atoms with E-state index in [1.54, 1.807) is 20.7 Å². The molecule has 0 bridgehead atoms. The first-order chi connectivity index (χ1) is 13.1. The molecule has 27 heavy (non-hydrogen) atoms. The molecule has 3 rings (SSSR count). The first kappa shape index (κ1) is 20.9. The second-order valence-corrected chi connectivity index (χ2v) is 10.2. The maximum atomic E-state index is 10.3. The minimum Gasteiger partial charge on any atom is -0.508 e. The van der Waals surface area contributed by atoms with Crippen molar-refractivity contribution in [3.8, 4) is 16.2 Å². The van der Waals surface area contributed by atoms with Crippen LogP contribution < -0.4 is 0 Å². The van der Waals surface area contributed by atoms with Crippen molar-refractivity contribution in [3.05, 3.63) is 33.1 Å². The monoisotopic (exact) mass is 423 g/mol. The number of benzene rings is 1. The third-order valence-electron chi connectivity index (χ3n) is 5.29. The maximum absolute atomic E-state index is 10.3. The highest BCUT2D eigenvalue weighted by Crippen LogP contribution is 2.37. The Morgan fingerprint density at radius 2 is 1.93 bits per heavy atom. The van der Waals surface area contributed by atoms with Gasteiger partial charge in [0.2, 0.25) is 0 Å². The lowest BCUT2D eigenvalue weighted by Gasteiger charge is -2.29. The molecule has 0 saturated carbocycles. The quantitative estimate of drug-likeness (QED) is 0.311. The number of aromatic hydroxyl groups is 1. The van der Waals surface area contributed by atoms with Gasteiger partial charge in [0.05, 0.1) is 11.0 Å². The zero-order valence-electron chi connectivity index (χ0n) is 15.9. The molecule has 1 fully saturated rings. The molecule has 1 aliphatic heterocycles. The first-order valence-electron chi connectivity index (χ1n) is 9.93. The summed E-state index contributed by atoms with van der Waals surface area (Å²) in [5, 5.41) is 20.0. The van der Waals surface area contributed by atoms with Crippen LogP contribution in [0.3, 0.4) is 0 Å². The fraction of sp³-hybridized carbons (Fsp3) is 0.571. The molecular formula is C21H29NO2S3. The summed E-state index contributed by atoms with van der Waals surface area (Å²) in [7, 11) is 3.45. The van der Waals surface area contributed by atoms with Gasteiger partial charge in [-0.2, -0.15) is 0 Å². The minimum atomic E-state index is -0.172. The van der Waals surface area contributed by atoms with E-state index in [0.717, 1.165) is 48.3 Å². The summed E-state index contributed by atoms with van der Waals surface area (Å²) in [5.74, 6) is 0.355. The first-order valence-corrected chi connectivity index (χ1v) is 12.5. The van der Waals surface area contributed by atoms with Crippen LogP contribution >= 0.6 is 32.9 Å². The summed E-state index contributed by atoms with van der Waals surface area (Å²) in [6, 6.07) is 5.96. The van der Waals surface area contributed by atoms with Crippen LogP contribution in [0.1, 0.15) is 56.6 Å². The van der Waals surface area contributed by atoms with E-state index < -0.39 is 0 Å². The van der Waals surface area contributed by atoms with Gasteiger partial charge in [-0.1, -0.05) is 59.1 Å². The summed E-state index contributed by atoms with van der Waals surface area (Å²) >= 11 is 5.60. The Morgan fingerprint density at radius 1 is 1.15 bits per heavy atom. The largest absolute Gasteiger partial charge is 0.508 e. The maximum Gasteiger partial charge on any atom is 0.120 e. The van der Waals surface area contributed by atoms with Crippen LogP contribution in [0.15, 0.2) is 18.2 Å². The average Bonchev–Trinajstić information content (AvgIpc) is 3.03. The number of rotatable bonds is 8. The molecule has 0 spiro atoms. The number of aliphatic hydroxyl groups excluding tert-OH is 1. The molecule has 1 aliphatic rings. The van der Waals surface area contributed by atoms with E-state index in [1.165, 1.54) is 41.7 Å². The number of phenolic OH excluding ortho intramolecular Hbond substituents is 1. The Morgan fingerprint density at radius 3 is 2.67 bits per heavy atom. The Kier molecular flexibility index (Phi) is 7.85. The number of hydrogen-bond acceptors (Lipinski definition) is 6. The summed E-state index contributed by atoms with van der Waals surface area (Å²) < 4.78 is 1.02. The van der Waals surface area contributed by atoms with Crippen molar-refractivity contribution in [1.29, 1.82) is 0 Å². The summed E-state index contributed by atoms with van der Waals surface area (Å²) in [4.78, 5) is 3.59. The molecule has 0 amide bonds. The van der Waals surface area contributed by atoms with Crippen molar-refractivity contribution >= 4 is 32.9 Å². The van der Waals surface area contributed by atoms with Crippen LogP contribution in [-0.4, -0.2) is 34.3 Å². The van der Waals surface area contributed by atoms with Gasteiger partial charge in [0.25, 0.3) is 0 Å². The highest BCUT2D eigenvalue weighted by atomic mass is 32.9. The SMILES string of the molecule is CCCCCCc1c(-c2ccc(O)c(CN3CCC(O)CC3)c2)ssc1=S. The zero-order chi connectivity index (χ0) is 19.2.